The molecule has 8 nitrogen and oxygen atoms in total. The van der Waals surface area contributed by atoms with Gasteiger partial charge in [0.25, 0.3) is 0 Å². The number of hydrogen-bond donors (Lipinski definition) is 2. The molecular formula is C15H18N6O2. The Morgan fingerprint density at radius 1 is 1.26 bits per heavy atom. The highest BCUT2D eigenvalue weighted by atomic mass is 16.2. The number of nitrogens with one attached hydrogen (secondary N) is 2. The maximum atomic E-state index is 12.4. The Balaban J connectivity index is 1.63. The van der Waals surface area contributed by atoms with Crippen molar-refractivity contribution < 1.29 is 9.59 Å². The molecule has 2 amide bonds. The lowest BCUT2D eigenvalue weighted by Gasteiger charge is -2.18. The Labute approximate surface area is 133 Å². The standard InChI is InChI=1S/C15H18N6O2/c22-14(9-21-10-16-19-20-21)18-13(15(23)17-12-6-7-12)8-11-4-2-1-3-5-11/h1-5,10,12-13H,6-9H2,(H,17,23)(H,18,22)/t13-/m1/s1. The molecule has 1 heterocycles. The van der Waals surface area contributed by atoms with Crippen LogP contribution in [0.3, 0.4) is 0 Å². The van der Waals surface area contributed by atoms with Gasteiger partial charge >= 0.3 is 0 Å². The van der Waals surface area contributed by atoms with Crippen LogP contribution in [0.5, 0.6) is 0 Å². The molecule has 120 valence electrons. The summed E-state index contributed by atoms with van der Waals surface area (Å²) in [7, 11) is 0. The minimum absolute atomic E-state index is 0.0189. The molecule has 0 aliphatic heterocycles. The number of tetrazole rings is 1. The van der Waals surface area contributed by atoms with E-state index in [1.54, 1.807) is 0 Å². The zero-order valence-electron chi connectivity index (χ0n) is 12.6. The summed E-state index contributed by atoms with van der Waals surface area (Å²) < 4.78 is 1.31. The van der Waals surface area contributed by atoms with Crippen LogP contribution >= 0.6 is 0 Å². The van der Waals surface area contributed by atoms with Crippen molar-refractivity contribution in [1.82, 2.24) is 30.8 Å². The lowest BCUT2D eigenvalue weighted by Crippen LogP contribution is -2.49. The molecule has 1 aromatic heterocycles. The number of benzene rings is 1. The van der Waals surface area contributed by atoms with Crippen LogP contribution in [0.15, 0.2) is 36.7 Å². The molecule has 3 rings (SSSR count). The van der Waals surface area contributed by atoms with Crippen LogP contribution in [-0.4, -0.2) is 44.1 Å². The fraction of sp³-hybridized carbons (Fsp3) is 0.400. The SMILES string of the molecule is O=C(Cn1cnnn1)N[C@H](Cc1ccccc1)C(=O)NC1CC1. The number of aromatic nitrogens is 4. The summed E-state index contributed by atoms with van der Waals surface area (Å²) in [5, 5.41) is 16.3. The maximum absolute atomic E-state index is 12.4. The molecule has 1 atom stereocenters. The van der Waals surface area contributed by atoms with E-state index >= 15 is 0 Å². The molecule has 2 N–H and O–H groups in total. The monoisotopic (exact) mass is 314 g/mol. The summed E-state index contributed by atoms with van der Waals surface area (Å²) >= 11 is 0. The van der Waals surface area contributed by atoms with E-state index in [9.17, 15) is 9.59 Å². The summed E-state index contributed by atoms with van der Waals surface area (Å²) in [6.45, 7) is -0.0189. The van der Waals surface area contributed by atoms with E-state index in [0.29, 0.717) is 6.42 Å². The van der Waals surface area contributed by atoms with E-state index in [1.807, 2.05) is 30.3 Å². The fourth-order valence-electron chi connectivity index (χ4n) is 2.23. The highest BCUT2D eigenvalue weighted by molar-refractivity contribution is 5.88. The quantitative estimate of drug-likeness (QED) is 0.729. The van der Waals surface area contributed by atoms with Crippen LogP contribution < -0.4 is 10.6 Å². The third kappa shape index (κ3) is 4.60. The molecule has 0 unspecified atom stereocenters. The number of amides is 2. The Kier molecular flexibility index (Phi) is 4.60. The predicted molar refractivity (Wildman–Crippen MR) is 81.1 cm³/mol. The normalized spacial score (nSPS) is 15.0. The van der Waals surface area contributed by atoms with Crippen LogP contribution in [0, 0.1) is 0 Å². The molecule has 1 aliphatic carbocycles. The fourth-order valence-corrected chi connectivity index (χ4v) is 2.23. The first-order valence-corrected chi connectivity index (χ1v) is 7.55. The van der Waals surface area contributed by atoms with E-state index in [-0.39, 0.29) is 24.4 Å². The molecule has 0 radical (unpaired) electrons. The van der Waals surface area contributed by atoms with Crippen molar-refractivity contribution in [2.45, 2.75) is 37.9 Å². The second-order valence-electron chi connectivity index (χ2n) is 5.60. The molecule has 1 aromatic carbocycles. The first-order valence-electron chi connectivity index (χ1n) is 7.55. The number of rotatable bonds is 7. The number of carbonyl (C=O) groups is 2. The van der Waals surface area contributed by atoms with Crippen LogP contribution in [0.2, 0.25) is 0 Å². The highest BCUT2D eigenvalue weighted by Crippen LogP contribution is 2.19. The third-order valence-corrected chi connectivity index (χ3v) is 3.56. The number of nitrogens with zero attached hydrogens (tertiary/aromatic N) is 4. The summed E-state index contributed by atoms with van der Waals surface area (Å²) in [4.78, 5) is 24.5. The smallest absolute Gasteiger partial charge is 0.243 e. The van der Waals surface area contributed by atoms with Crippen LogP contribution in [0.4, 0.5) is 0 Å². The van der Waals surface area contributed by atoms with E-state index in [4.69, 9.17) is 0 Å². The van der Waals surface area contributed by atoms with Crippen LogP contribution in [-0.2, 0) is 22.6 Å². The van der Waals surface area contributed by atoms with Crippen molar-refractivity contribution in [3.05, 3.63) is 42.2 Å². The number of carbonyl (C=O) groups excluding carboxylic acids is 2. The van der Waals surface area contributed by atoms with Gasteiger partial charge in [0.15, 0.2) is 0 Å². The average molecular weight is 314 g/mol. The van der Waals surface area contributed by atoms with Gasteiger partial charge < -0.3 is 10.6 Å². The average Bonchev–Trinajstić information content (AvgIpc) is 3.21. The van der Waals surface area contributed by atoms with E-state index in [1.165, 1.54) is 11.0 Å². The topological polar surface area (TPSA) is 102 Å². The maximum Gasteiger partial charge on any atom is 0.243 e. The highest BCUT2D eigenvalue weighted by Gasteiger charge is 2.28. The summed E-state index contributed by atoms with van der Waals surface area (Å²) in [6, 6.07) is 9.25. The van der Waals surface area contributed by atoms with Gasteiger partial charge in [-0.2, -0.15) is 0 Å². The van der Waals surface area contributed by atoms with Gasteiger partial charge in [-0.3, -0.25) is 9.59 Å². The van der Waals surface area contributed by atoms with Gasteiger partial charge in [-0.1, -0.05) is 30.3 Å². The largest absolute Gasteiger partial charge is 0.352 e. The van der Waals surface area contributed by atoms with E-state index in [0.717, 1.165) is 18.4 Å². The van der Waals surface area contributed by atoms with Gasteiger partial charge in [-0.15, -0.1) is 5.10 Å². The summed E-state index contributed by atoms with van der Waals surface area (Å²) in [6.07, 6.45) is 3.81. The molecule has 0 saturated heterocycles. The molecule has 2 aromatic rings. The zero-order valence-corrected chi connectivity index (χ0v) is 12.6. The van der Waals surface area contributed by atoms with Gasteiger partial charge in [0.1, 0.15) is 18.9 Å². The summed E-state index contributed by atoms with van der Waals surface area (Å²) in [5.74, 6) is -0.453. The summed E-state index contributed by atoms with van der Waals surface area (Å²) in [5.41, 5.74) is 0.992. The number of hydrogen-bond acceptors (Lipinski definition) is 5. The van der Waals surface area contributed by atoms with Crippen molar-refractivity contribution in [2.75, 3.05) is 0 Å². The molecule has 23 heavy (non-hydrogen) atoms. The van der Waals surface area contributed by atoms with Gasteiger partial charge in [0.05, 0.1) is 0 Å². The molecule has 1 fully saturated rings. The van der Waals surface area contributed by atoms with Gasteiger partial charge in [0, 0.05) is 12.5 Å². The second-order valence-corrected chi connectivity index (χ2v) is 5.60. The Morgan fingerprint density at radius 2 is 2.04 bits per heavy atom. The van der Waals surface area contributed by atoms with Crippen molar-refractivity contribution in [2.24, 2.45) is 0 Å². The molecule has 0 bridgehead atoms. The Morgan fingerprint density at radius 3 is 2.70 bits per heavy atom. The van der Waals surface area contributed by atoms with Crippen molar-refractivity contribution in [3.63, 3.8) is 0 Å². The molecule has 1 aliphatic rings. The van der Waals surface area contributed by atoms with E-state index < -0.39 is 6.04 Å². The Hall–Kier alpha value is -2.77. The van der Waals surface area contributed by atoms with Gasteiger partial charge in [-0.05, 0) is 28.8 Å². The zero-order chi connectivity index (χ0) is 16.1. The molecule has 0 spiro atoms. The van der Waals surface area contributed by atoms with Crippen LogP contribution in [0.25, 0.3) is 0 Å². The van der Waals surface area contributed by atoms with Gasteiger partial charge in [0.2, 0.25) is 11.8 Å². The van der Waals surface area contributed by atoms with Crippen molar-refractivity contribution >= 4 is 11.8 Å². The lowest BCUT2D eigenvalue weighted by molar-refractivity contribution is -0.129. The molecular weight excluding hydrogens is 296 g/mol. The predicted octanol–water partition coefficient (Wildman–Crippen LogP) is -0.321. The first-order chi connectivity index (χ1) is 11.2. The second kappa shape index (κ2) is 6.99. The minimum Gasteiger partial charge on any atom is -0.352 e. The first kappa shape index (κ1) is 15.1. The Bertz CT molecular complexity index is 654. The van der Waals surface area contributed by atoms with Crippen molar-refractivity contribution in [3.8, 4) is 0 Å². The minimum atomic E-state index is -0.609. The van der Waals surface area contributed by atoms with Crippen molar-refractivity contribution in [1.29, 1.82) is 0 Å². The van der Waals surface area contributed by atoms with Crippen LogP contribution in [0.1, 0.15) is 18.4 Å². The van der Waals surface area contributed by atoms with E-state index in [2.05, 4.69) is 26.2 Å². The molecule has 1 saturated carbocycles. The third-order valence-electron chi connectivity index (χ3n) is 3.56. The van der Waals surface area contributed by atoms with Gasteiger partial charge in [-0.25, -0.2) is 4.68 Å². The lowest BCUT2D eigenvalue weighted by atomic mass is 10.1. The molecule has 8 heteroatoms.